The zero-order chi connectivity index (χ0) is 15.7. The van der Waals surface area contributed by atoms with E-state index in [2.05, 4.69) is 0 Å². The minimum absolute atomic E-state index is 0.0166. The number of alkyl halides is 1. The van der Waals surface area contributed by atoms with E-state index in [-0.39, 0.29) is 30.3 Å². The molecule has 4 fully saturated rings. The molecule has 6 heteroatoms. The number of hydrogen-bond donors (Lipinski definition) is 1. The first-order valence-corrected chi connectivity index (χ1v) is 8.65. The first-order valence-electron chi connectivity index (χ1n) is 8.11. The lowest BCUT2D eigenvalue weighted by Crippen LogP contribution is -2.71. The van der Waals surface area contributed by atoms with Gasteiger partial charge in [0.1, 0.15) is 16.8 Å². The highest BCUT2D eigenvalue weighted by molar-refractivity contribution is 6.18. The van der Waals surface area contributed by atoms with Gasteiger partial charge < -0.3 is 14.6 Å². The Labute approximate surface area is 134 Å². The molecule has 4 aliphatic rings. The normalized spacial score (nSPS) is 50.7. The van der Waals surface area contributed by atoms with Crippen molar-refractivity contribution in [2.24, 2.45) is 17.3 Å². The van der Waals surface area contributed by atoms with Gasteiger partial charge in [0.2, 0.25) is 0 Å². The van der Waals surface area contributed by atoms with Crippen LogP contribution in [0.1, 0.15) is 39.0 Å². The van der Waals surface area contributed by atoms with Crippen molar-refractivity contribution in [2.45, 2.75) is 62.9 Å². The average molecular weight is 329 g/mol. The Morgan fingerprint density at radius 3 is 2.86 bits per heavy atom. The molecule has 2 aliphatic carbocycles. The summed E-state index contributed by atoms with van der Waals surface area (Å²) >= 11 is 5.81. The van der Waals surface area contributed by atoms with Crippen LogP contribution in [0.3, 0.4) is 0 Å². The Hall–Kier alpha value is -0.650. The molecule has 0 aromatic rings. The summed E-state index contributed by atoms with van der Waals surface area (Å²) in [6, 6.07) is 0. The molecule has 2 unspecified atom stereocenters. The number of epoxide rings is 1. The van der Waals surface area contributed by atoms with E-state index in [9.17, 15) is 14.7 Å². The number of ether oxygens (including phenoxy) is 2. The van der Waals surface area contributed by atoms with Crippen LogP contribution in [0.4, 0.5) is 0 Å². The van der Waals surface area contributed by atoms with Gasteiger partial charge in [-0.3, -0.25) is 9.59 Å². The monoisotopic (exact) mass is 328 g/mol. The minimum atomic E-state index is -1.10. The summed E-state index contributed by atoms with van der Waals surface area (Å²) < 4.78 is 11.1. The third-order valence-corrected chi connectivity index (χ3v) is 6.66. The fourth-order valence-corrected chi connectivity index (χ4v) is 5.34. The summed E-state index contributed by atoms with van der Waals surface area (Å²) in [5.41, 5.74) is -2.02. The summed E-state index contributed by atoms with van der Waals surface area (Å²) in [6.45, 7) is 1.79. The van der Waals surface area contributed by atoms with Gasteiger partial charge in [0.05, 0.1) is 24.2 Å². The molecule has 4 rings (SSSR count). The molecule has 0 spiro atoms. The van der Waals surface area contributed by atoms with Crippen molar-refractivity contribution in [1.82, 2.24) is 0 Å². The van der Waals surface area contributed by atoms with Crippen LogP contribution >= 0.6 is 11.6 Å². The van der Waals surface area contributed by atoms with Crippen molar-refractivity contribution in [3.05, 3.63) is 0 Å². The predicted molar refractivity (Wildman–Crippen MR) is 77.4 cm³/mol. The zero-order valence-electron chi connectivity index (χ0n) is 12.6. The van der Waals surface area contributed by atoms with Crippen LogP contribution in [0.15, 0.2) is 0 Å². The highest BCUT2D eigenvalue weighted by atomic mass is 35.5. The molecule has 0 aromatic carbocycles. The SMILES string of the molecule is C[C@@]12OC(=O)[C@]1([C@@H](O)[C@H]1CCCC3OC31)CC(=O)[C@@H]2CCCl. The van der Waals surface area contributed by atoms with Crippen LogP contribution in [0.5, 0.6) is 0 Å². The molecule has 0 bridgehead atoms. The number of aliphatic hydroxyl groups is 1. The predicted octanol–water partition coefficient (Wildman–Crippen LogP) is 1.43. The molecule has 22 heavy (non-hydrogen) atoms. The topological polar surface area (TPSA) is 76.1 Å². The van der Waals surface area contributed by atoms with E-state index in [0.717, 1.165) is 19.3 Å². The van der Waals surface area contributed by atoms with Crippen LogP contribution in [-0.4, -0.2) is 46.7 Å². The molecule has 122 valence electrons. The van der Waals surface area contributed by atoms with E-state index >= 15 is 0 Å². The Kier molecular flexibility index (Phi) is 3.17. The molecular formula is C16H21ClO5. The maximum Gasteiger partial charge on any atom is 0.319 e. The summed E-state index contributed by atoms with van der Waals surface area (Å²) in [6.07, 6.45) is 2.78. The second-order valence-electron chi connectivity index (χ2n) is 7.32. The molecule has 0 radical (unpaired) electrons. The van der Waals surface area contributed by atoms with Crippen molar-refractivity contribution >= 4 is 23.4 Å². The number of rotatable bonds is 4. The van der Waals surface area contributed by atoms with Crippen molar-refractivity contribution in [1.29, 1.82) is 0 Å². The Morgan fingerprint density at radius 2 is 2.18 bits per heavy atom. The quantitative estimate of drug-likeness (QED) is 0.480. The van der Waals surface area contributed by atoms with Gasteiger partial charge in [-0.2, -0.15) is 0 Å². The number of Topliss-reactive ketones (excluding diaryl/α,β-unsaturated/α-hetero) is 1. The molecule has 7 atom stereocenters. The molecule has 2 saturated carbocycles. The van der Waals surface area contributed by atoms with Gasteiger partial charge in [0, 0.05) is 18.2 Å². The Balaban J connectivity index is 1.66. The third kappa shape index (κ3) is 1.62. The Bertz CT molecular complexity index is 537. The Morgan fingerprint density at radius 1 is 1.41 bits per heavy atom. The van der Waals surface area contributed by atoms with Gasteiger partial charge in [-0.15, -0.1) is 11.6 Å². The van der Waals surface area contributed by atoms with Gasteiger partial charge >= 0.3 is 5.97 Å². The largest absolute Gasteiger partial charge is 0.457 e. The average Bonchev–Trinajstić information content (AvgIpc) is 3.25. The highest BCUT2D eigenvalue weighted by Gasteiger charge is 2.79. The number of carbonyl (C=O) groups excluding carboxylic acids is 2. The first-order chi connectivity index (χ1) is 10.5. The van der Waals surface area contributed by atoms with E-state index in [1.165, 1.54) is 0 Å². The van der Waals surface area contributed by atoms with E-state index in [4.69, 9.17) is 21.1 Å². The van der Waals surface area contributed by atoms with Gasteiger partial charge in [0.25, 0.3) is 0 Å². The second-order valence-corrected chi connectivity index (χ2v) is 7.70. The lowest BCUT2D eigenvalue weighted by molar-refractivity contribution is -0.265. The summed E-state index contributed by atoms with van der Waals surface area (Å²) in [5.74, 6) is -0.592. The summed E-state index contributed by atoms with van der Waals surface area (Å²) in [7, 11) is 0. The van der Waals surface area contributed by atoms with Crippen molar-refractivity contribution in [3.63, 3.8) is 0 Å². The zero-order valence-corrected chi connectivity index (χ0v) is 13.3. The smallest absolute Gasteiger partial charge is 0.319 e. The van der Waals surface area contributed by atoms with Crippen LogP contribution in [0, 0.1) is 17.3 Å². The molecule has 1 N–H and O–H groups in total. The van der Waals surface area contributed by atoms with Crippen LogP contribution in [0.25, 0.3) is 0 Å². The minimum Gasteiger partial charge on any atom is -0.457 e. The number of esters is 1. The maximum atomic E-state index is 12.4. The molecule has 2 heterocycles. The van der Waals surface area contributed by atoms with E-state index in [1.807, 2.05) is 0 Å². The second kappa shape index (κ2) is 4.68. The number of hydrogen-bond acceptors (Lipinski definition) is 5. The third-order valence-electron chi connectivity index (χ3n) is 6.44. The number of fused-ring (bicyclic) bond motifs is 2. The molecule has 2 aliphatic heterocycles. The summed E-state index contributed by atoms with van der Waals surface area (Å²) in [5, 5.41) is 11.0. The van der Waals surface area contributed by atoms with Gasteiger partial charge in [-0.05, 0) is 26.2 Å². The van der Waals surface area contributed by atoms with Crippen molar-refractivity contribution in [2.75, 3.05) is 5.88 Å². The molecule has 5 nitrogen and oxygen atoms in total. The van der Waals surface area contributed by atoms with Crippen LogP contribution in [0.2, 0.25) is 0 Å². The van der Waals surface area contributed by atoms with Crippen LogP contribution < -0.4 is 0 Å². The van der Waals surface area contributed by atoms with E-state index in [1.54, 1.807) is 6.92 Å². The number of ketones is 1. The number of halogens is 1. The van der Waals surface area contributed by atoms with Gasteiger partial charge in [-0.1, -0.05) is 6.42 Å². The first kappa shape index (κ1) is 14.9. The molecular weight excluding hydrogens is 308 g/mol. The fraction of sp³-hybridized carbons (Fsp3) is 0.875. The van der Waals surface area contributed by atoms with E-state index in [0.29, 0.717) is 12.3 Å². The molecule has 0 aromatic heterocycles. The standard InChI is InChI=1S/C16H21ClO5/c1-15-9(5-6-17)10(18)7-16(15,14(20)22-15)13(19)8-3-2-4-11-12(8)21-11/h8-9,11-13,19H,2-7H2,1H3/t8-,9-,11?,12?,13-,15-,16+/m0/s1. The molecule has 0 amide bonds. The maximum absolute atomic E-state index is 12.4. The van der Waals surface area contributed by atoms with Crippen molar-refractivity contribution < 1.29 is 24.2 Å². The summed E-state index contributed by atoms with van der Waals surface area (Å²) in [4.78, 5) is 24.8. The van der Waals surface area contributed by atoms with E-state index < -0.39 is 29.0 Å². The van der Waals surface area contributed by atoms with Gasteiger partial charge in [0.15, 0.2) is 0 Å². The lowest BCUT2D eigenvalue weighted by Gasteiger charge is -2.55. The number of aliphatic hydroxyl groups excluding tert-OH is 1. The molecule has 2 saturated heterocycles. The fourth-order valence-electron chi connectivity index (χ4n) is 5.12. The number of carbonyl (C=O) groups is 2. The lowest BCUT2D eigenvalue weighted by atomic mass is 9.60. The van der Waals surface area contributed by atoms with Crippen LogP contribution in [-0.2, 0) is 19.1 Å². The van der Waals surface area contributed by atoms with Crippen molar-refractivity contribution in [3.8, 4) is 0 Å². The highest BCUT2D eigenvalue weighted by Crippen LogP contribution is 2.63. The van der Waals surface area contributed by atoms with Gasteiger partial charge in [-0.25, -0.2) is 0 Å².